The van der Waals surface area contributed by atoms with Gasteiger partial charge >= 0.3 is 12.1 Å². The minimum atomic E-state index is -0.569. The van der Waals surface area contributed by atoms with E-state index in [9.17, 15) is 9.59 Å². The van der Waals surface area contributed by atoms with Crippen molar-refractivity contribution < 1.29 is 18.7 Å². The first-order chi connectivity index (χ1) is 12.2. The Morgan fingerprint density at radius 1 is 1.36 bits per heavy atom. The second-order valence-electron chi connectivity index (χ2n) is 5.87. The fourth-order valence-corrected chi connectivity index (χ4v) is 2.78. The number of amides is 2. The van der Waals surface area contributed by atoms with Crippen LogP contribution in [0.15, 0.2) is 40.9 Å². The molecule has 25 heavy (non-hydrogen) atoms. The quantitative estimate of drug-likeness (QED) is 0.902. The van der Waals surface area contributed by atoms with E-state index in [2.05, 4.69) is 10.3 Å². The first-order valence-corrected chi connectivity index (χ1v) is 8.40. The number of carbonyl (C=O) groups is 2. The van der Waals surface area contributed by atoms with Crippen molar-refractivity contribution in [3.8, 4) is 0 Å². The summed E-state index contributed by atoms with van der Waals surface area (Å²) in [6, 6.07) is 9.03. The summed E-state index contributed by atoms with van der Waals surface area (Å²) in [6.45, 7) is 2.62. The van der Waals surface area contributed by atoms with Crippen LogP contribution in [0.1, 0.15) is 31.1 Å². The van der Waals surface area contributed by atoms with Crippen LogP contribution >= 0.6 is 0 Å². The highest BCUT2D eigenvalue weighted by molar-refractivity contribution is 5.95. The molecule has 1 fully saturated rings. The molecule has 2 amide bonds. The molecule has 1 unspecified atom stereocenters. The molecule has 0 bridgehead atoms. The number of aryl methyl sites for hydroxylation is 1. The SMILES string of the molecule is CCc1cnc(NC(=O)C2CCCN2C(=O)OCc2ccccc2)o1. The van der Waals surface area contributed by atoms with Crippen LogP contribution in [0.5, 0.6) is 0 Å². The lowest BCUT2D eigenvalue weighted by Gasteiger charge is -2.22. The van der Waals surface area contributed by atoms with Crippen molar-refractivity contribution in [3.05, 3.63) is 47.9 Å². The molecule has 3 rings (SSSR count). The molecule has 1 atom stereocenters. The van der Waals surface area contributed by atoms with Gasteiger partial charge in [0.1, 0.15) is 18.4 Å². The van der Waals surface area contributed by atoms with E-state index in [1.54, 1.807) is 6.20 Å². The van der Waals surface area contributed by atoms with E-state index in [0.717, 1.165) is 12.0 Å². The number of anilines is 1. The molecule has 0 saturated carbocycles. The Balaban J connectivity index is 1.57. The molecule has 1 N–H and O–H groups in total. The number of nitrogens with zero attached hydrogens (tertiary/aromatic N) is 2. The van der Waals surface area contributed by atoms with Gasteiger partial charge in [-0.05, 0) is 18.4 Å². The molecule has 0 spiro atoms. The molecule has 1 aromatic carbocycles. The van der Waals surface area contributed by atoms with Gasteiger partial charge in [0.15, 0.2) is 0 Å². The van der Waals surface area contributed by atoms with Crippen molar-refractivity contribution >= 4 is 18.0 Å². The second kappa shape index (κ2) is 7.83. The molecule has 1 aliphatic rings. The van der Waals surface area contributed by atoms with Crippen LogP contribution < -0.4 is 5.32 Å². The Morgan fingerprint density at radius 2 is 2.16 bits per heavy atom. The molecule has 2 aromatic rings. The Morgan fingerprint density at radius 3 is 2.88 bits per heavy atom. The van der Waals surface area contributed by atoms with Crippen LogP contribution in [-0.2, 0) is 22.6 Å². The summed E-state index contributed by atoms with van der Waals surface area (Å²) in [5, 5.41) is 2.63. The van der Waals surface area contributed by atoms with E-state index in [-0.39, 0.29) is 18.5 Å². The summed E-state index contributed by atoms with van der Waals surface area (Å²) in [5.41, 5.74) is 0.905. The third-order valence-electron chi connectivity index (χ3n) is 4.13. The number of hydrogen-bond acceptors (Lipinski definition) is 5. The number of carbonyl (C=O) groups excluding carboxylic acids is 2. The smallest absolute Gasteiger partial charge is 0.410 e. The maximum atomic E-state index is 12.4. The fourth-order valence-electron chi connectivity index (χ4n) is 2.78. The minimum Gasteiger partial charge on any atom is -0.445 e. The number of benzene rings is 1. The third kappa shape index (κ3) is 4.17. The first-order valence-electron chi connectivity index (χ1n) is 8.40. The van der Waals surface area contributed by atoms with E-state index < -0.39 is 12.1 Å². The summed E-state index contributed by atoms with van der Waals surface area (Å²) in [7, 11) is 0. The number of rotatable bonds is 5. The topological polar surface area (TPSA) is 84.7 Å². The van der Waals surface area contributed by atoms with Crippen molar-refractivity contribution in [1.29, 1.82) is 0 Å². The number of ether oxygens (including phenoxy) is 1. The van der Waals surface area contributed by atoms with Crippen molar-refractivity contribution in [1.82, 2.24) is 9.88 Å². The zero-order valence-corrected chi connectivity index (χ0v) is 14.1. The van der Waals surface area contributed by atoms with Crippen LogP contribution in [0.3, 0.4) is 0 Å². The Kier molecular flexibility index (Phi) is 5.33. The average molecular weight is 343 g/mol. The molecule has 0 aliphatic carbocycles. The molecular formula is C18H21N3O4. The summed E-state index contributed by atoms with van der Waals surface area (Å²) >= 11 is 0. The highest BCUT2D eigenvalue weighted by Crippen LogP contribution is 2.21. The van der Waals surface area contributed by atoms with Gasteiger partial charge < -0.3 is 9.15 Å². The van der Waals surface area contributed by atoms with Crippen molar-refractivity contribution in [2.75, 3.05) is 11.9 Å². The maximum absolute atomic E-state index is 12.4. The predicted molar refractivity (Wildman–Crippen MR) is 90.9 cm³/mol. The van der Waals surface area contributed by atoms with Gasteiger partial charge in [-0.2, -0.15) is 0 Å². The maximum Gasteiger partial charge on any atom is 0.410 e. The Hall–Kier alpha value is -2.83. The molecule has 1 aromatic heterocycles. The largest absolute Gasteiger partial charge is 0.445 e. The fraction of sp³-hybridized carbons (Fsp3) is 0.389. The van der Waals surface area contributed by atoms with Gasteiger partial charge in [-0.3, -0.25) is 15.0 Å². The standard InChI is InChI=1S/C18H21N3O4/c1-2-14-11-19-17(25-14)20-16(22)15-9-6-10-21(15)18(23)24-12-13-7-4-3-5-8-13/h3-5,7-8,11,15H,2,6,9-10,12H2,1H3,(H,19,20,22). The minimum absolute atomic E-state index is 0.159. The lowest BCUT2D eigenvalue weighted by atomic mass is 10.2. The highest BCUT2D eigenvalue weighted by Gasteiger charge is 2.35. The van der Waals surface area contributed by atoms with Gasteiger partial charge in [0.05, 0.1) is 6.20 Å². The second-order valence-corrected chi connectivity index (χ2v) is 5.87. The summed E-state index contributed by atoms with van der Waals surface area (Å²) in [5.74, 6) is 0.388. The van der Waals surface area contributed by atoms with Gasteiger partial charge in [-0.15, -0.1) is 0 Å². The zero-order chi connectivity index (χ0) is 17.6. The van der Waals surface area contributed by atoms with Crippen molar-refractivity contribution in [3.63, 3.8) is 0 Å². The normalized spacial score (nSPS) is 16.7. The zero-order valence-electron chi connectivity index (χ0n) is 14.1. The lowest BCUT2D eigenvalue weighted by Crippen LogP contribution is -2.43. The van der Waals surface area contributed by atoms with Crippen LogP contribution in [-0.4, -0.2) is 34.5 Å². The molecular weight excluding hydrogens is 322 g/mol. The number of oxazole rings is 1. The first kappa shape index (κ1) is 17.0. The molecule has 0 radical (unpaired) electrons. The van der Waals surface area contributed by atoms with E-state index in [0.29, 0.717) is 25.1 Å². The van der Waals surface area contributed by atoms with Crippen LogP contribution in [0.25, 0.3) is 0 Å². The molecule has 132 valence electrons. The molecule has 1 aliphatic heterocycles. The summed E-state index contributed by atoms with van der Waals surface area (Å²) in [6.07, 6.45) is 3.14. The van der Waals surface area contributed by atoms with Crippen LogP contribution in [0.2, 0.25) is 0 Å². The van der Waals surface area contributed by atoms with Gasteiger partial charge in [0, 0.05) is 13.0 Å². The predicted octanol–water partition coefficient (Wildman–Crippen LogP) is 2.98. The molecule has 2 heterocycles. The Bertz CT molecular complexity index is 729. The average Bonchev–Trinajstić information content (AvgIpc) is 3.29. The van der Waals surface area contributed by atoms with Crippen molar-refractivity contribution in [2.24, 2.45) is 0 Å². The van der Waals surface area contributed by atoms with E-state index >= 15 is 0 Å². The number of likely N-dealkylation sites (tertiary alicyclic amines) is 1. The van der Waals surface area contributed by atoms with Crippen molar-refractivity contribution in [2.45, 2.75) is 38.8 Å². The summed E-state index contributed by atoms with van der Waals surface area (Å²) < 4.78 is 10.7. The van der Waals surface area contributed by atoms with Crippen LogP contribution in [0, 0.1) is 0 Å². The number of nitrogens with one attached hydrogen (secondary N) is 1. The number of hydrogen-bond donors (Lipinski definition) is 1. The Labute approximate surface area is 146 Å². The monoisotopic (exact) mass is 343 g/mol. The third-order valence-corrected chi connectivity index (χ3v) is 4.13. The molecule has 1 saturated heterocycles. The van der Waals surface area contributed by atoms with Crippen LogP contribution in [0.4, 0.5) is 10.8 Å². The number of aromatic nitrogens is 1. The molecule has 7 heteroatoms. The van der Waals surface area contributed by atoms with E-state index in [1.165, 1.54) is 4.90 Å². The lowest BCUT2D eigenvalue weighted by molar-refractivity contribution is -0.120. The molecule has 7 nitrogen and oxygen atoms in total. The van der Waals surface area contributed by atoms with Gasteiger partial charge in [-0.1, -0.05) is 37.3 Å². The van der Waals surface area contributed by atoms with E-state index in [1.807, 2.05) is 37.3 Å². The van der Waals surface area contributed by atoms with Gasteiger partial charge in [-0.25, -0.2) is 9.78 Å². The van der Waals surface area contributed by atoms with E-state index in [4.69, 9.17) is 9.15 Å². The highest BCUT2D eigenvalue weighted by atomic mass is 16.6. The summed E-state index contributed by atoms with van der Waals surface area (Å²) in [4.78, 5) is 30.2. The van der Waals surface area contributed by atoms with Gasteiger partial charge in [0.25, 0.3) is 5.91 Å². The van der Waals surface area contributed by atoms with Gasteiger partial charge in [0.2, 0.25) is 0 Å².